The predicted octanol–water partition coefficient (Wildman–Crippen LogP) is 3.62. The molecule has 2 rings (SSSR count). The molecule has 1 aromatic carbocycles. The van der Waals surface area contributed by atoms with Crippen molar-refractivity contribution in [3.05, 3.63) is 29.3 Å². The Morgan fingerprint density at radius 1 is 1.26 bits per heavy atom. The van der Waals surface area contributed by atoms with Crippen molar-refractivity contribution in [2.75, 3.05) is 26.2 Å². The second-order valence-electron chi connectivity index (χ2n) is 5.58. The summed E-state index contributed by atoms with van der Waals surface area (Å²) in [7, 11) is 0. The van der Waals surface area contributed by atoms with E-state index in [4.69, 9.17) is 4.74 Å². The molecular weight excluding hydrogens is 329 g/mol. The summed E-state index contributed by atoms with van der Waals surface area (Å²) in [6, 6.07) is 3.66. The van der Waals surface area contributed by atoms with Crippen LogP contribution in [0.15, 0.2) is 18.2 Å². The fourth-order valence-electron chi connectivity index (χ4n) is 2.69. The number of hydrogen-bond acceptors (Lipinski definition) is 3. The fourth-order valence-corrected chi connectivity index (χ4v) is 2.69. The molecule has 0 radical (unpaired) electrons. The number of nitrogens with one attached hydrogen (secondary N) is 2. The highest BCUT2D eigenvalue weighted by atomic mass is 35.5. The van der Waals surface area contributed by atoms with Crippen LogP contribution in [0.2, 0.25) is 0 Å². The number of ether oxygens (including phenoxy) is 1. The van der Waals surface area contributed by atoms with E-state index in [9.17, 15) is 13.2 Å². The van der Waals surface area contributed by atoms with Crippen LogP contribution in [0.3, 0.4) is 0 Å². The van der Waals surface area contributed by atoms with Gasteiger partial charge in [0.05, 0.1) is 12.2 Å². The third-order valence-electron chi connectivity index (χ3n) is 3.89. The molecule has 3 nitrogen and oxygen atoms in total. The van der Waals surface area contributed by atoms with Gasteiger partial charge in [0, 0.05) is 12.1 Å². The van der Waals surface area contributed by atoms with Crippen molar-refractivity contribution < 1.29 is 17.9 Å². The number of hydrogen-bond donors (Lipinski definition) is 2. The molecule has 0 bridgehead atoms. The fraction of sp³-hybridized carbons (Fsp3) is 0.625. The van der Waals surface area contributed by atoms with Crippen molar-refractivity contribution in [1.82, 2.24) is 10.6 Å². The van der Waals surface area contributed by atoms with Gasteiger partial charge in [0.15, 0.2) is 0 Å². The maximum Gasteiger partial charge on any atom is 0.416 e. The van der Waals surface area contributed by atoms with Crippen molar-refractivity contribution in [3.63, 3.8) is 0 Å². The topological polar surface area (TPSA) is 33.3 Å². The van der Waals surface area contributed by atoms with Crippen molar-refractivity contribution in [2.45, 2.75) is 32.5 Å². The van der Waals surface area contributed by atoms with Crippen molar-refractivity contribution >= 4 is 12.4 Å². The molecule has 0 unspecified atom stereocenters. The van der Waals surface area contributed by atoms with Crippen LogP contribution in [0.25, 0.3) is 0 Å². The largest absolute Gasteiger partial charge is 0.494 e. The molecule has 1 saturated heterocycles. The first-order valence-electron chi connectivity index (χ1n) is 7.75. The lowest BCUT2D eigenvalue weighted by Gasteiger charge is -2.23. The highest BCUT2D eigenvalue weighted by molar-refractivity contribution is 5.85. The van der Waals surface area contributed by atoms with Crippen LogP contribution < -0.4 is 15.4 Å². The Morgan fingerprint density at radius 2 is 1.96 bits per heavy atom. The van der Waals surface area contributed by atoms with Gasteiger partial charge in [-0.3, -0.25) is 0 Å². The molecule has 1 aliphatic rings. The third-order valence-corrected chi connectivity index (χ3v) is 3.89. The quantitative estimate of drug-likeness (QED) is 0.820. The molecule has 1 aromatic rings. The summed E-state index contributed by atoms with van der Waals surface area (Å²) >= 11 is 0. The van der Waals surface area contributed by atoms with Crippen LogP contribution >= 0.6 is 12.4 Å². The van der Waals surface area contributed by atoms with E-state index in [1.807, 2.05) is 6.92 Å². The molecular formula is C16H24ClF3N2O. The molecule has 0 aromatic heterocycles. The predicted molar refractivity (Wildman–Crippen MR) is 87.2 cm³/mol. The average Bonchev–Trinajstić information content (AvgIpc) is 2.49. The zero-order chi connectivity index (χ0) is 16.0. The van der Waals surface area contributed by atoms with E-state index >= 15 is 0 Å². The number of piperidine rings is 1. The summed E-state index contributed by atoms with van der Waals surface area (Å²) in [5, 5.41) is 6.57. The van der Waals surface area contributed by atoms with Gasteiger partial charge in [-0.25, -0.2) is 0 Å². The summed E-state index contributed by atoms with van der Waals surface area (Å²) < 4.78 is 43.9. The van der Waals surface area contributed by atoms with E-state index in [0.717, 1.165) is 38.5 Å². The van der Waals surface area contributed by atoms with E-state index in [1.54, 1.807) is 0 Å². The van der Waals surface area contributed by atoms with Crippen LogP contribution in [-0.4, -0.2) is 26.2 Å². The molecule has 0 atom stereocenters. The van der Waals surface area contributed by atoms with E-state index in [-0.39, 0.29) is 12.4 Å². The minimum atomic E-state index is -4.32. The lowest BCUT2D eigenvalue weighted by molar-refractivity contribution is -0.137. The van der Waals surface area contributed by atoms with Gasteiger partial charge >= 0.3 is 6.18 Å². The second kappa shape index (κ2) is 9.35. The molecule has 0 spiro atoms. The molecule has 0 aliphatic carbocycles. The van der Waals surface area contributed by atoms with E-state index in [1.165, 1.54) is 12.1 Å². The summed E-state index contributed by atoms with van der Waals surface area (Å²) in [5.74, 6) is 1.11. The summed E-state index contributed by atoms with van der Waals surface area (Å²) in [6.07, 6.45) is -2.11. The maximum atomic E-state index is 12.8. The zero-order valence-electron chi connectivity index (χ0n) is 13.2. The summed E-state index contributed by atoms with van der Waals surface area (Å²) in [5.41, 5.74) is -0.0692. The van der Waals surface area contributed by atoms with Crippen molar-refractivity contribution in [2.24, 2.45) is 5.92 Å². The Bertz CT molecular complexity index is 477. The Morgan fingerprint density at radius 3 is 2.57 bits per heavy atom. The SMILES string of the molecule is CCOc1ccc(C(F)(F)F)cc1CNCC1CCNCC1.Cl. The van der Waals surface area contributed by atoms with Crippen LogP contribution in [0.4, 0.5) is 13.2 Å². The Labute approximate surface area is 141 Å². The number of benzene rings is 1. The van der Waals surface area contributed by atoms with E-state index in [2.05, 4.69) is 10.6 Å². The first-order valence-corrected chi connectivity index (χ1v) is 7.75. The smallest absolute Gasteiger partial charge is 0.416 e. The van der Waals surface area contributed by atoms with Gasteiger partial charge in [0.25, 0.3) is 0 Å². The Hall–Kier alpha value is -0.980. The molecule has 1 heterocycles. The van der Waals surface area contributed by atoms with E-state index in [0.29, 0.717) is 30.4 Å². The molecule has 23 heavy (non-hydrogen) atoms. The minimum absolute atomic E-state index is 0. The van der Waals surface area contributed by atoms with Crippen LogP contribution in [0.5, 0.6) is 5.75 Å². The van der Waals surface area contributed by atoms with Gasteiger partial charge in [0.1, 0.15) is 5.75 Å². The Kier molecular flexibility index (Phi) is 8.16. The zero-order valence-corrected chi connectivity index (χ0v) is 14.0. The van der Waals surface area contributed by atoms with Crippen LogP contribution in [-0.2, 0) is 12.7 Å². The number of alkyl halides is 3. The maximum absolute atomic E-state index is 12.8. The summed E-state index contributed by atoms with van der Waals surface area (Å²) in [4.78, 5) is 0. The molecule has 7 heteroatoms. The third kappa shape index (κ3) is 6.20. The molecule has 1 aliphatic heterocycles. The van der Waals surface area contributed by atoms with Gasteiger partial charge < -0.3 is 15.4 Å². The molecule has 2 N–H and O–H groups in total. The first-order chi connectivity index (χ1) is 10.5. The minimum Gasteiger partial charge on any atom is -0.494 e. The van der Waals surface area contributed by atoms with E-state index < -0.39 is 11.7 Å². The van der Waals surface area contributed by atoms with Gasteiger partial charge in [0.2, 0.25) is 0 Å². The Balaban J connectivity index is 0.00000264. The lowest BCUT2D eigenvalue weighted by atomic mass is 9.98. The van der Waals surface area contributed by atoms with Gasteiger partial charge in [-0.1, -0.05) is 0 Å². The van der Waals surface area contributed by atoms with Gasteiger partial charge in [-0.15, -0.1) is 12.4 Å². The van der Waals surface area contributed by atoms with Crippen LogP contribution in [0, 0.1) is 5.92 Å². The first kappa shape index (κ1) is 20.1. The van der Waals surface area contributed by atoms with Crippen LogP contribution in [0.1, 0.15) is 30.9 Å². The molecule has 0 amide bonds. The van der Waals surface area contributed by atoms with Crippen molar-refractivity contribution in [3.8, 4) is 5.75 Å². The highest BCUT2D eigenvalue weighted by Gasteiger charge is 2.31. The summed E-state index contributed by atoms with van der Waals surface area (Å²) in [6.45, 7) is 5.50. The second-order valence-corrected chi connectivity index (χ2v) is 5.58. The average molecular weight is 353 g/mol. The molecule has 0 saturated carbocycles. The van der Waals surface area contributed by atoms with Gasteiger partial charge in [-0.2, -0.15) is 13.2 Å². The standard InChI is InChI=1S/C16H23F3N2O.ClH/c1-2-22-15-4-3-14(16(17,18)19)9-13(15)11-21-10-12-5-7-20-8-6-12;/h3-4,9,12,20-21H,2,5-8,10-11H2,1H3;1H. The number of rotatable bonds is 6. The monoisotopic (exact) mass is 352 g/mol. The van der Waals surface area contributed by atoms with Crippen molar-refractivity contribution in [1.29, 1.82) is 0 Å². The lowest BCUT2D eigenvalue weighted by Crippen LogP contribution is -2.33. The van der Waals surface area contributed by atoms with Gasteiger partial charge in [-0.05, 0) is 63.5 Å². The molecule has 132 valence electrons. The number of halogens is 4. The normalized spacial score (nSPS) is 16.0. The highest BCUT2D eigenvalue weighted by Crippen LogP contribution is 2.32. The molecule has 1 fully saturated rings.